The van der Waals surface area contributed by atoms with Crippen molar-refractivity contribution in [3.63, 3.8) is 0 Å². The van der Waals surface area contributed by atoms with Crippen molar-refractivity contribution in [2.75, 3.05) is 0 Å². The van der Waals surface area contributed by atoms with E-state index in [0.29, 0.717) is 0 Å². The summed E-state index contributed by atoms with van der Waals surface area (Å²) in [7, 11) is 0. The summed E-state index contributed by atoms with van der Waals surface area (Å²) >= 11 is 0. The molecule has 0 heterocycles. The van der Waals surface area contributed by atoms with Crippen LogP contribution >= 0.6 is 0 Å². The molecule has 31 heavy (non-hydrogen) atoms. The minimum absolute atomic E-state index is 0. The maximum atomic E-state index is 9.43. The minimum Gasteiger partial charge on any atom is -0.868 e. The molecule has 0 aromatic heterocycles. The van der Waals surface area contributed by atoms with Crippen LogP contribution in [0.4, 0.5) is 0 Å². The van der Waals surface area contributed by atoms with Gasteiger partial charge in [-0.05, 0) is 24.4 Å². The predicted molar refractivity (Wildman–Crippen MR) is 113 cm³/mol. The van der Waals surface area contributed by atoms with Crippen molar-refractivity contribution in [2.24, 2.45) is 0 Å². The molecule has 2 aliphatic carbocycles. The molecule has 0 amide bonds. The first kappa shape index (κ1) is 33.0. The third kappa shape index (κ3) is 23.5. The Morgan fingerprint density at radius 3 is 1.32 bits per heavy atom. The molecule has 0 spiro atoms. The molecule has 0 saturated heterocycles. The molecule has 6 nitrogen and oxygen atoms in total. The fourth-order valence-corrected chi connectivity index (χ4v) is 1.76. The minimum atomic E-state index is -1.49. The molecule has 0 aliphatic heterocycles. The van der Waals surface area contributed by atoms with Gasteiger partial charge in [0.1, 0.15) is 0 Å². The largest absolute Gasteiger partial charge is 4.00 e. The Labute approximate surface area is 203 Å². The Kier molecular flexibility index (Phi) is 23.4. The third-order valence-corrected chi connectivity index (χ3v) is 3.24. The van der Waals surface area contributed by atoms with E-state index in [1.807, 2.05) is 12.2 Å². The van der Waals surface area contributed by atoms with Gasteiger partial charge in [-0.15, -0.1) is 26.0 Å². The number of allylic oxidation sites excluding steroid dienone is 10. The van der Waals surface area contributed by atoms with E-state index in [1.165, 1.54) is 11.1 Å². The van der Waals surface area contributed by atoms with Crippen LogP contribution < -0.4 is 10.2 Å². The molecule has 0 atom stereocenters. The van der Waals surface area contributed by atoms with E-state index in [0.717, 1.165) is 38.5 Å². The molecule has 0 aromatic rings. The summed E-state index contributed by atoms with van der Waals surface area (Å²) in [5.41, 5.74) is 2.69. The molecule has 2 rings (SSSR count). The van der Waals surface area contributed by atoms with Gasteiger partial charge in [0.15, 0.2) is 0 Å². The van der Waals surface area contributed by atoms with Gasteiger partial charge < -0.3 is 20.4 Å². The van der Waals surface area contributed by atoms with Crippen LogP contribution in [0.15, 0.2) is 85.4 Å². The van der Waals surface area contributed by atoms with Crippen molar-refractivity contribution < 1.29 is 55.9 Å². The Bertz CT molecular complexity index is 640. The van der Waals surface area contributed by atoms with Gasteiger partial charge in [-0.2, -0.15) is 12.2 Å². The number of hydrogen-bond donors (Lipinski definition) is 2. The quantitative estimate of drug-likeness (QED) is 0.147. The van der Waals surface area contributed by atoms with Crippen molar-refractivity contribution in [3.8, 4) is 0 Å². The molecule has 0 unspecified atom stereocenters. The zero-order valence-electron chi connectivity index (χ0n) is 17.6. The van der Waals surface area contributed by atoms with E-state index in [-0.39, 0.29) is 25.8 Å². The number of hydrogen-bond acceptors (Lipinski definition) is 4. The van der Waals surface area contributed by atoms with Gasteiger partial charge in [0, 0.05) is 0 Å². The topological polar surface area (TPSA) is 121 Å². The van der Waals surface area contributed by atoms with Gasteiger partial charge >= 0.3 is 37.8 Å². The fourth-order valence-electron chi connectivity index (χ4n) is 1.76. The summed E-state index contributed by atoms with van der Waals surface area (Å²) in [6, 6.07) is 0. The van der Waals surface area contributed by atoms with E-state index in [1.54, 1.807) is 0 Å². The number of carboxylic acids is 2. The zero-order chi connectivity index (χ0) is 23.4. The molecule has 2 aliphatic rings. The van der Waals surface area contributed by atoms with Gasteiger partial charge in [-0.25, -0.2) is 32.9 Å². The summed E-state index contributed by atoms with van der Waals surface area (Å²) in [6.07, 6.45) is 25.3. The zero-order valence-corrected chi connectivity index (χ0v) is 21.2. The summed E-state index contributed by atoms with van der Waals surface area (Å²) in [5.74, 6) is -5.13. The fraction of sp³-hybridized carbons (Fsp3) is 0.250. The van der Waals surface area contributed by atoms with Gasteiger partial charge in [0.25, 0.3) is 0 Å². The molecule has 0 fully saturated rings. The molecule has 0 radical (unpaired) electrons. The maximum Gasteiger partial charge on any atom is 4.00 e. The van der Waals surface area contributed by atoms with Gasteiger partial charge in [-0.3, -0.25) is 12.2 Å². The average molecular weight is 591 g/mol. The van der Waals surface area contributed by atoms with E-state index < -0.39 is 23.5 Å². The van der Waals surface area contributed by atoms with Gasteiger partial charge in [-0.1, -0.05) is 38.2 Å². The van der Waals surface area contributed by atoms with E-state index >= 15 is 0 Å². The predicted octanol–water partition coefficient (Wildman–Crippen LogP) is 3.17. The van der Waals surface area contributed by atoms with E-state index in [4.69, 9.17) is 10.2 Å². The van der Waals surface area contributed by atoms with Crippen LogP contribution in [0.25, 0.3) is 0 Å². The SMILES string of the molecule is C=C([O-])C(=O)O.C=C([O-])C(=O)O.C=CCCC1=[C-]CC=C1.C=CCCC1=[C-]CC=C1.[Hf+4]. The van der Waals surface area contributed by atoms with Crippen LogP contribution in [0.1, 0.15) is 38.5 Å². The normalized spacial score (nSPS) is 12.0. The van der Waals surface area contributed by atoms with E-state index in [2.05, 4.69) is 62.8 Å². The maximum absolute atomic E-state index is 9.43. The van der Waals surface area contributed by atoms with Crippen LogP contribution in [-0.2, 0) is 35.4 Å². The standard InChI is InChI=1S/2C9H11.2C3H4O3.Hf/c2*1-2-3-6-9-7-4-5-8-9;2*1-2(4)3(5)6;/h2*2,4,7H,1,3,5-6H2;2*4H,1H2,(H,5,6);/q2*-1;;;+4/p-2. The van der Waals surface area contributed by atoms with Crippen LogP contribution in [0.2, 0.25) is 0 Å². The summed E-state index contributed by atoms with van der Waals surface area (Å²) in [4.78, 5) is 18.6. The first-order chi connectivity index (χ1) is 14.1. The van der Waals surface area contributed by atoms with Crippen molar-refractivity contribution in [1.82, 2.24) is 0 Å². The van der Waals surface area contributed by atoms with Crippen molar-refractivity contribution in [1.29, 1.82) is 0 Å². The molecule has 0 bridgehead atoms. The van der Waals surface area contributed by atoms with Crippen LogP contribution in [0, 0.1) is 12.2 Å². The molecule has 0 saturated carbocycles. The van der Waals surface area contributed by atoms with E-state index in [9.17, 15) is 19.8 Å². The van der Waals surface area contributed by atoms with Crippen LogP contribution in [0.5, 0.6) is 0 Å². The van der Waals surface area contributed by atoms with Crippen LogP contribution in [-0.4, -0.2) is 22.2 Å². The van der Waals surface area contributed by atoms with Crippen LogP contribution in [0.3, 0.4) is 0 Å². The number of aliphatic carboxylic acids is 2. The molecule has 0 aromatic carbocycles. The molecular weight excluding hydrogens is 563 g/mol. The second-order valence-electron chi connectivity index (χ2n) is 5.73. The Balaban J connectivity index is -0.000000341. The molecule has 164 valence electrons. The number of rotatable bonds is 8. The Morgan fingerprint density at radius 1 is 0.871 bits per heavy atom. The smallest absolute Gasteiger partial charge is 0.868 e. The summed E-state index contributed by atoms with van der Waals surface area (Å²) in [5, 5.41) is 34.0. The monoisotopic (exact) mass is 592 g/mol. The molecule has 7 heteroatoms. The first-order valence-corrected chi connectivity index (χ1v) is 9.08. The van der Waals surface area contributed by atoms with Crippen molar-refractivity contribution in [3.05, 3.63) is 97.6 Å². The summed E-state index contributed by atoms with van der Waals surface area (Å²) < 4.78 is 0. The van der Waals surface area contributed by atoms with Crippen molar-refractivity contribution >= 4 is 11.9 Å². The number of carbonyl (C=O) groups is 2. The number of carboxylic acid groups (broad SMARTS) is 2. The summed E-state index contributed by atoms with van der Waals surface area (Å²) in [6.45, 7) is 12.5. The molecular formula is C24H28HfO6. The van der Waals surface area contributed by atoms with Crippen molar-refractivity contribution in [2.45, 2.75) is 38.5 Å². The third-order valence-electron chi connectivity index (χ3n) is 3.24. The first-order valence-electron chi connectivity index (χ1n) is 9.08. The molecule has 2 N–H and O–H groups in total. The second-order valence-corrected chi connectivity index (χ2v) is 5.73. The second kappa shape index (κ2) is 22.0. The van der Waals surface area contributed by atoms with Gasteiger partial charge in [0.05, 0.1) is 0 Å². The Morgan fingerprint density at radius 2 is 1.16 bits per heavy atom. The Hall–Kier alpha value is -2.67. The van der Waals surface area contributed by atoms with Gasteiger partial charge in [0.2, 0.25) is 0 Å². The average Bonchev–Trinajstić information content (AvgIpc) is 3.40.